The van der Waals surface area contributed by atoms with E-state index in [1.807, 2.05) is 18.2 Å². The van der Waals surface area contributed by atoms with Crippen molar-refractivity contribution in [1.29, 1.82) is 0 Å². The van der Waals surface area contributed by atoms with Gasteiger partial charge in [-0.2, -0.15) is 0 Å². The number of amides is 2. The molecular weight excluding hydrogens is 232 g/mol. The van der Waals surface area contributed by atoms with E-state index in [4.69, 9.17) is 9.47 Å². The molecule has 1 fully saturated rings. The minimum absolute atomic E-state index is 0.0813. The molecule has 0 atom stereocenters. The number of benzene rings is 1. The van der Waals surface area contributed by atoms with Crippen LogP contribution in [0.25, 0.3) is 0 Å². The van der Waals surface area contributed by atoms with Gasteiger partial charge in [-0.15, -0.1) is 0 Å². The fourth-order valence-electron chi connectivity index (χ4n) is 2.27. The summed E-state index contributed by atoms with van der Waals surface area (Å²) in [5, 5.41) is 2.92. The molecule has 5 heteroatoms. The van der Waals surface area contributed by atoms with Crippen molar-refractivity contribution >= 4 is 11.7 Å². The minimum atomic E-state index is -0.0813. The van der Waals surface area contributed by atoms with Crippen LogP contribution in [-0.4, -0.2) is 43.8 Å². The van der Waals surface area contributed by atoms with Crippen molar-refractivity contribution in [3.05, 3.63) is 23.8 Å². The zero-order valence-electron chi connectivity index (χ0n) is 10.1. The van der Waals surface area contributed by atoms with Crippen LogP contribution in [-0.2, 0) is 11.2 Å². The molecule has 1 N–H and O–H groups in total. The maximum Gasteiger partial charge on any atom is 0.322 e. The third kappa shape index (κ3) is 2.13. The third-order valence-electron chi connectivity index (χ3n) is 3.25. The molecule has 18 heavy (non-hydrogen) atoms. The van der Waals surface area contributed by atoms with Crippen LogP contribution in [0.2, 0.25) is 0 Å². The monoisotopic (exact) mass is 248 g/mol. The Balaban J connectivity index is 1.72. The van der Waals surface area contributed by atoms with Gasteiger partial charge in [0.25, 0.3) is 0 Å². The van der Waals surface area contributed by atoms with Gasteiger partial charge in [0.15, 0.2) is 0 Å². The Morgan fingerprint density at radius 1 is 1.22 bits per heavy atom. The Morgan fingerprint density at radius 3 is 2.89 bits per heavy atom. The van der Waals surface area contributed by atoms with E-state index >= 15 is 0 Å². The summed E-state index contributed by atoms with van der Waals surface area (Å²) in [6, 6.07) is 5.78. The van der Waals surface area contributed by atoms with Crippen LogP contribution in [0, 0.1) is 0 Å². The van der Waals surface area contributed by atoms with Crippen molar-refractivity contribution in [2.45, 2.75) is 6.42 Å². The van der Waals surface area contributed by atoms with Crippen molar-refractivity contribution in [1.82, 2.24) is 4.90 Å². The number of para-hydroxylation sites is 1. The fraction of sp³-hybridized carbons (Fsp3) is 0.462. The largest absolute Gasteiger partial charge is 0.491 e. The third-order valence-corrected chi connectivity index (χ3v) is 3.25. The van der Waals surface area contributed by atoms with Crippen LogP contribution in [0.5, 0.6) is 5.75 Å². The van der Waals surface area contributed by atoms with E-state index < -0.39 is 0 Å². The molecule has 1 aromatic rings. The van der Waals surface area contributed by atoms with E-state index in [-0.39, 0.29) is 6.03 Å². The van der Waals surface area contributed by atoms with E-state index in [0.29, 0.717) is 32.9 Å². The predicted molar refractivity (Wildman–Crippen MR) is 67.1 cm³/mol. The number of anilines is 1. The first kappa shape index (κ1) is 11.3. The number of urea groups is 1. The van der Waals surface area contributed by atoms with Gasteiger partial charge in [0.05, 0.1) is 25.5 Å². The van der Waals surface area contributed by atoms with Gasteiger partial charge in [0, 0.05) is 19.5 Å². The number of ether oxygens (including phenoxy) is 2. The van der Waals surface area contributed by atoms with Crippen LogP contribution in [0.1, 0.15) is 5.56 Å². The predicted octanol–water partition coefficient (Wildman–Crippen LogP) is 1.49. The van der Waals surface area contributed by atoms with Crippen LogP contribution in [0.15, 0.2) is 18.2 Å². The molecule has 2 heterocycles. The smallest absolute Gasteiger partial charge is 0.322 e. The average molecular weight is 248 g/mol. The summed E-state index contributed by atoms with van der Waals surface area (Å²) >= 11 is 0. The first-order valence-corrected chi connectivity index (χ1v) is 6.23. The quantitative estimate of drug-likeness (QED) is 0.819. The highest BCUT2D eigenvalue weighted by Gasteiger charge is 2.21. The van der Waals surface area contributed by atoms with E-state index in [1.165, 1.54) is 0 Å². The SMILES string of the molecule is O=C(Nc1cccc2c1OCC2)N1CCOCC1. The molecule has 2 aliphatic heterocycles. The van der Waals surface area contributed by atoms with Gasteiger partial charge < -0.3 is 19.7 Å². The van der Waals surface area contributed by atoms with Crippen LogP contribution < -0.4 is 10.1 Å². The summed E-state index contributed by atoms with van der Waals surface area (Å²) in [5.41, 5.74) is 1.93. The van der Waals surface area contributed by atoms with Crippen LogP contribution >= 0.6 is 0 Å². The summed E-state index contributed by atoms with van der Waals surface area (Å²) < 4.78 is 10.8. The number of carbonyl (C=O) groups excluding carboxylic acids is 1. The number of nitrogens with zero attached hydrogens (tertiary/aromatic N) is 1. The maximum atomic E-state index is 12.1. The highest BCUT2D eigenvalue weighted by Crippen LogP contribution is 2.33. The minimum Gasteiger partial charge on any atom is -0.491 e. The lowest BCUT2D eigenvalue weighted by Gasteiger charge is -2.27. The average Bonchev–Trinajstić information content (AvgIpc) is 2.89. The van der Waals surface area contributed by atoms with Crippen molar-refractivity contribution in [3.63, 3.8) is 0 Å². The van der Waals surface area contributed by atoms with Gasteiger partial charge in [0.2, 0.25) is 0 Å². The molecule has 5 nitrogen and oxygen atoms in total. The van der Waals surface area contributed by atoms with Crippen molar-refractivity contribution in [2.24, 2.45) is 0 Å². The number of nitrogens with one attached hydrogen (secondary N) is 1. The molecule has 0 saturated carbocycles. The lowest BCUT2D eigenvalue weighted by Crippen LogP contribution is -2.43. The molecule has 0 aromatic heterocycles. The first-order valence-electron chi connectivity index (χ1n) is 6.23. The summed E-state index contributed by atoms with van der Waals surface area (Å²) in [7, 11) is 0. The second kappa shape index (κ2) is 4.86. The lowest BCUT2D eigenvalue weighted by molar-refractivity contribution is 0.0564. The number of hydrogen-bond donors (Lipinski definition) is 1. The molecule has 1 aromatic carbocycles. The van der Waals surface area contributed by atoms with Crippen LogP contribution in [0.3, 0.4) is 0 Å². The summed E-state index contributed by atoms with van der Waals surface area (Å²) in [6.45, 7) is 3.19. The molecule has 1 saturated heterocycles. The van der Waals surface area contributed by atoms with Gasteiger partial charge >= 0.3 is 6.03 Å². The number of carbonyl (C=O) groups is 1. The fourth-order valence-corrected chi connectivity index (χ4v) is 2.27. The van der Waals surface area contributed by atoms with Crippen molar-refractivity contribution in [3.8, 4) is 5.75 Å². The second-order valence-corrected chi connectivity index (χ2v) is 4.42. The van der Waals surface area contributed by atoms with Gasteiger partial charge in [-0.1, -0.05) is 12.1 Å². The molecule has 0 unspecified atom stereocenters. The number of morpholine rings is 1. The Morgan fingerprint density at radius 2 is 2.06 bits per heavy atom. The van der Waals surface area contributed by atoms with E-state index in [1.54, 1.807) is 4.90 Å². The first-order chi connectivity index (χ1) is 8.84. The molecule has 0 spiro atoms. The van der Waals surface area contributed by atoms with Gasteiger partial charge in [0.1, 0.15) is 5.75 Å². The molecule has 0 radical (unpaired) electrons. The second-order valence-electron chi connectivity index (χ2n) is 4.42. The van der Waals surface area contributed by atoms with Crippen LogP contribution in [0.4, 0.5) is 10.5 Å². The maximum absolute atomic E-state index is 12.1. The van der Waals surface area contributed by atoms with Gasteiger partial charge in [-0.3, -0.25) is 0 Å². The highest BCUT2D eigenvalue weighted by atomic mass is 16.5. The van der Waals surface area contributed by atoms with Crippen molar-refractivity contribution < 1.29 is 14.3 Å². The lowest BCUT2D eigenvalue weighted by atomic mass is 10.1. The molecule has 0 aliphatic carbocycles. The molecular formula is C13H16N2O3. The zero-order valence-corrected chi connectivity index (χ0v) is 10.1. The van der Waals surface area contributed by atoms with Gasteiger partial charge in [-0.25, -0.2) is 4.79 Å². The molecule has 2 aliphatic rings. The number of hydrogen-bond acceptors (Lipinski definition) is 3. The Hall–Kier alpha value is -1.75. The normalized spacial score (nSPS) is 18.1. The summed E-state index contributed by atoms with van der Waals surface area (Å²) in [5.74, 6) is 0.819. The zero-order chi connectivity index (χ0) is 12.4. The van der Waals surface area contributed by atoms with Crippen molar-refractivity contribution in [2.75, 3.05) is 38.2 Å². The molecule has 3 rings (SSSR count). The summed E-state index contributed by atoms with van der Waals surface area (Å²) in [4.78, 5) is 13.8. The van der Waals surface area contributed by atoms with E-state index in [0.717, 1.165) is 23.4 Å². The highest BCUT2D eigenvalue weighted by molar-refractivity contribution is 5.91. The van der Waals surface area contributed by atoms with Gasteiger partial charge in [-0.05, 0) is 11.6 Å². The Bertz CT molecular complexity index is 456. The Kier molecular flexibility index (Phi) is 3.06. The standard InChI is InChI=1S/C13H16N2O3/c16-13(15-5-8-17-9-6-15)14-11-3-1-2-10-4-7-18-12(10)11/h1-3H,4-9H2,(H,14,16). The molecule has 96 valence electrons. The molecule has 0 bridgehead atoms. The van der Waals surface area contributed by atoms with E-state index in [2.05, 4.69) is 5.32 Å². The topological polar surface area (TPSA) is 50.8 Å². The number of rotatable bonds is 1. The summed E-state index contributed by atoms with van der Waals surface area (Å²) in [6.07, 6.45) is 0.913. The molecule has 2 amide bonds. The number of fused-ring (bicyclic) bond motifs is 1. The Labute approximate surface area is 106 Å². The van der Waals surface area contributed by atoms with E-state index in [9.17, 15) is 4.79 Å².